The number of nitrogens with zero attached hydrogens (tertiary/aromatic N) is 2. The van der Waals surface area contributed by atoms with Crippen LogP contribution in [-0.4, -0.2) is 34.2 Å². The molecule has 2 aliphatic carbocycles. The van der Waals surface area contributed by atoms with Crippen LogP contribution in [0.2, 0.25) is 0 Å². The van der Waals surface area contributed by atoms with Gasteiger partial charge in [0.15, 0.2) is 6.10 Å². The van der Waals surface area contributed by atoms with E-state index >= 15 is 0 Å². The van der Waals surface area contributed by atoms with Crippen LogP contribution in [0.5, 0.6) is 0 Å². The molecule has 4 atom stereocenters. The average Bonchev–Trinajstić information content (AvgIpc) is 3.64. The van der Waals surface area contributed by atoms with Gasteiger partial charge >= 0.3 is 6.18 Å². The highest BCUT2D eigenvalue weighted by atomic mass is 19.4. The first-order valence-corrected chi connectivity index (χ1v) is 11.4. The molecule has 4 rings (SSSR count). The predicted octanol–water partition coefficient (Wildman–Crippen LogP) is 5.73. The van der Waals surface area contributed by atoms with Crippen LogP contribution in [-0.2, 0) is 0 Å². The summed E-state index contributed by atoms with van der Waals surface area (Å²) in [5.41, 5.74) is 1.93. The van der Waals surface area contributed by atoms with Gasteiger partial charge in [0.05, 0.1) is 11.6 Å². The lowest BCUT2D eigenvalue weighted by atomic mass is 9.75. The van der Waals surface area contributed by atoms with Crippen molar-refractivity contribution < 1.29 is 23.1 Å². The Labute approximate surface area is 191 Å². The molecule has 1 N–H and O–H groups in total. The number of carbonyl (C=O) groups is 1. The molecule has 0 spiro atoms. The first-order chi connectivity index (χ1) is 15.7. The van der Waals surface area contributed by atoms with E-state index in [4.69, 9.17) is 5.26 Å². The van der Waals surface area contributed by atoms with Crippen molar-refractivity contribution in [1.29, 1.82) is 5.26 Å². The molecule has 0 aromatic heterocycles. The molecule has 0 heterocycles. The summed E-state index contributed by atoms with van der Waals surface area (Å²) in [5, 5.41) is 18.5. The Bertz CT molecular complexity index is 1020. The highest BCUT2D eigenvalue weighted by Crippen LogP contribution is 2.42. The lowest BCUT2D eigenvalue weighted by molar-refractivity contribution is -0.206. The van der Waals surface area contributed by atoms with Crippen LogP contribution in [0.15, 0.2) is 48.5 Å². The number of alkyl halides is 3. The van der Waals surface area contributed by atoms with E-state index < -0.39 is 12.3 Å². The Morgan fingerprint density at radius 2 is 1.70 bits per heavy atom. The van der Waals surface area contributed by atoms with Crippen molar-refractivity contribution in [3.05, 3.63) is 70.8 Å². The van der Waals surface area contributed by atoms with Crippen molar-refractivity contribution in [2.75, 3.05) is 0 Å². The average molecular weight is 457 g/mol. The number of amides is 1. The van der Waals surface area contributed by atoms with Crippen LogP contribution >= 0.6 is 0 Å². The van der Waals surface area contributed by atoms with Gasteiger partial charge in [0.25, 0.3) is 5.91 Å². The van der Waals surface area contributed by atoms with Crippen molar-refractivity contribution in [1.82, 2.24) is 4.90 Å². The van der Waals surface area contributed by atoms with E-state index in [-0.39, 0.29) is 29.5 Å². The molecule has 2 fully saturated rings. The Morgan fingerprint density at radius 3 is 2.21 bits per heavy atom. The smallest absolute Gasteiger partial charge is 0.379 e. The van der Waals surface area contributed by atoms with Gasteiger partial charge in [0.2, 0.25) is 0 Å². The topological polar surface area (TPSA) is 64.3 Å². The van der Waals surface area contributed by atoms with Gasteiger partial charge in [-0.3, -0.25) is 4.79 Å². The third-order valence-corrected chi connectivity index (χ3v) is 6.95. The van der Waals surface area contributed by atoms with E-state index in [1.807, 2.05) is 29.2 Å². The van der Waals surface area contributed by atoms with Crippen LogP contribution in [0.4, 0.5) is 13.2 Å². The maximum Gasteiger partial charge on any atom is 0.418 e. The number of rotatable bonds is 5. The second kappa shape index (κ2) is 9.18. The minimum absolute atomic E-state index is 0.0834. The summed E-state index contributed by atoms with van der Waals surface area (Å²) in [5.74, 6) is 0.498. The molecule has 174 valence electrons. The van der Waals surface area contributed by atoms with Gasteiger partial charge in [-0.05, 0) is 79.3 Å². The fraction of sp³-hybridized carbons (Fsp3) is 0.462. The second-order valence-electron chi connectivity index (χ2n) is 9.30. The van der Waals surface area contributed by atoms with Gasteiger partial charge in [-0.15, -0.1) is 0 Å². The Balaban J connectivity index is 1.47. The van der Waals surface area contributed by atoms with Crippen molar-refractivity contribution in [3.63, 3.8) is 0 Å². The van der Waals surface area contributed by atoms with E-state index in [1.165, 1.54) is 29.8 Å². The number of carbonyl (C=O) groups excluding carboxylic acids is 1. The highest BCUT2D eigenvalue weighted by molar-refractivity contribution is 5.95. The molecule has 2 aromatic rings. The highest BCUT2D eigenvalue weighted by Gasteiger charge is 2.42. The molecular weight excluding hydrogens is 429 g/mol. The van der Waals surface area contributed by atoms with Crippen molar-refractivity contribution in [2.24, 2.45) is 5.92 Å². The molecule has 4 nitrogen and oxygen atoms in total. The van der Waals surface area contributed by atoms with Gasteiger partial charge in [0, 0.05) is 17.6 Å². The van der Waals surface area contributed by atoms with Gasteiger partial charge < -0.3 is 10.0 Å². The molecule has 2 aliphatic rings. The number of hydrogen-bond acceptors (Lipinski definition) is 3. The normalized spacial score (nSPS) is 24.1. The molecular formula is C26H27F3N2O2. The van der Waals surface area contributed by atoms with E-state index in [2.05, 4.69) is 13.0 Å². The fourth-order valence-corrected chi connectivity index (χ4v) is 5.01. The van der Waals surface area contributed by atoms with Crippen LogP contribution in [0, 0.1) is 17.2 Å². The van der Waals surface area contributed by atoms with Gasteiger partial charge in [-0.2, -0.15) is 18.4 Å². The van der Waals surface area contributed by atoms with Crippen LogP contribution in [0.25, 0.3) is 0 Å². The summed E-state index contributed by atoms with van der Waals surface area (Å²) < 4.78 is 38.3. The Hall–Kier alpha value is -2.85. The molecule has 2 aromatic carbocycles. The van der Waals surface area contributed by atoms with Gasteiger partial charge in [0.1, 0.15) is 0 Å². The quantitative estimate of drug-likeness (QED) is 0.625. The van der Waals surface area contributed by atoms with E-state index in [0.717, 1.165) is 32.1 Å². The maximum atomic E-state index is 13.4. The van der Waals surface area contributed by atoms with Crippen LogP contribution < -0.4 is 0 Å². The summed E-state index contributed by atoms with van der Waals surface area (Å²) in [7, 11) is 0. The summed E-state index contributed by atoms with van der Waals surface area (Å²) >= 11 is 0. The Kier molecular flexibility index (Phi) is 6.49. The van der Waals surface area contributed by atoms with Crippen molar-refractivity contribution >= 4 is 5.91 Å². The molecule has 0 bridgehead atoms. The van der Waals surface area contributed by atoms with E-state index in [1.54, 1.807) is 0 Å². The first-order valence-electron chi connectivity index (χ1n) is 11.4. The zero-order valence-electron chi connectivity index (χ0n) is 18.4. The minimum Gasteiger partial charge on any atom is -0.379 e. The molecule has 7 heteroatoms. The van der Waals surface area contributed by atoms with E-state index in [9.17, 15) is 23.1 Å². The van der Waals surface area contributed by atoms with Crippen LogP contribution in [0.3, 0.4) is 0 Å². The summed E-state index contributed by atoms with van der Waals surface area (Å²) in [6.07, 6.45) is -2.68. The third kappa shape index (κ3) is 5.06. The maximum absolute atomic E-state index is 13.4. The number of hydrogen-bond donors (Lipinski definition) is 1. The number of halogens is 3. The largest absolute Gasteiger partial charge is 0.418 e. The monoisotopic (exact) mass is 456 g/mol. The Morgan fingerprint density at radius 1 is 1.06 bits per heavy atom. The minimum atomic E-state index is -4.74. The number of aliphatic hydroxyl groups is 1. The molecule has 0 aliphatic heterocycles. The molecule has 1 amide bonds. The zero-order chi connectivity index (χ0) is 23.8. The fourth-order valence-electron chi connectivity index (χ4n) is 5.01. The van der Waals surface area contributed by atoms with Crippen molar-refractivity contribution in [2.45, 2.75) is 69.3 Å². The van der Waals surface area contributed by atoms with Gasteiger partial charge in [-0.1, -0.05) is 31.2 Å². The number of aliphatic hydroxyl groups excluding tert-OH is 1. The number of nitriles is 1. The molecule has 2 saturated carbocycles. The summed E-state index contributed by atoms with van der Waals surface area (Å²) in [6.45, 7) is 2.16. The second-order valence-corrected chi connectivity index (χ2v) is 9.30. The molecule has 0 unspecified atom stereocenters. The molecule has 0 radical (unpaired) electrons. The van der Waals surface area contributed by atoms with Crippen LogP contribution in [0.1, 0.15) is 78.1 Å². The lowest BCUT2D eigenvalue weighted by Gasteiger charge is -2.42. The first kappa shape index (κ1) is 23.3. The third-order valence-electron chi connectivity index (χ3n) is 6.95. The standard InChI is InChI=1S/C26H27F3N2O2/c1-16-14-21(18-4-2-17(15-30)3-5-18)10-13-23(16)31(22-11-12-22)25(33)20-8-6-19(7-9-20)24(32)26(27,28)29/h2-9,16,21-24,32H,10-14H2,1H3/t16-,21+,23-,24+/m1/s1. The number of benzene rings is 2. The lowest BCUT2D eigenvalue weighted by Crippen LogP contribution is -2.47. The molecule has 0 saturated heterocycles. The molecule has 33 heavy (non-hydrogen) atoms. The van der Waals surface area contributed by atoms with Gasteiger partial charge in [-0.25, -0.2) is 0 Å². The zero-order valence-corrected chi connectivity index (χ0v) is 18.4. The predicted molar refractivity (Wildman–Crippen MR) is 117 cm³/mol. The van der Waals surface area contributed by atoms with Crippen molar-refractivity contribution in [3.8, 4) is 6.07 Å². The summed E-state index contributed by atoms with van der Waals surface area (Å²) in [4.78, 5) is 15.3. The summed E-state index contributed by atoms with van der Waals surface area (Å²) in [6, 6.07) is 15.2. The van der Waals surface area contributed by atoms with E-state index in [0.29, 0.717) is 17.0 Å². The SMILES string of the molecule is C[C@@H]1C[C@@H](c2ccc(C#N)cc2)CC[C@H]1N(C(=O)c1ccc([C@H](O)C(F)(F)F)cc1)C1CC1.